The molecule has 0 saturated heterocycles. The van der Waals surface area contributed by atoms with Crippen LogP contribution in [0.2, 0.25) is 0 Å². The summed E-state index contributed by atoms with van der Waals surface area (Å²) in [5.74, 6) is -3.01. The first-order chi connectivity index (χ1) is 13.3. The van der Waals surface area contributed by atoms with Crippen LogP contribution < -0.4 is 5.32 Å². The number of ketones is 1. The highest BCUT2D eigenvalue weighted by molar-refractivity contribution is 6.42. The fourth-order valence-electron chi connectivity index (χ4n) is 2.47. The van der Waals surface area contributed by atoms with Gasteiger partial charge in [0.15, 0.2) is 0 Å². The summed E-state index contributed by atoms with van der Waals surface area (Å²) in [5.41, 5.74) is 2.00. The number of carbonyl (C=O) groups excluding carboxylic acids is 2. The Labute approximate surface area is 157 Å². The van der Waals surface area contributed by atoms with Gasteiger partial charge in [0.25, 0.3) is 5.91 Å². The van der Waals surface area contributed by atoms with E-state index < -0.39 is 23.8 Å². The lowest BCUT2D eigenvalue weighted by Gasteiger charge is -2.09. The summed E-state index contributed by atoms with van der Waals surface area (Å²) in [4.78, 5) is 27.4. The third-order valence-corrected chi connectivity index (χ3v) is 3.95. The zero-order valence-electron chi connectivity index (χ0n) is 14.6. The molecule has 0 radical (unpaired) electrons. The maximum Gasteiger partial charge on any atom is 0.471 e. The number of aryl methyl sites for hydroxylation is 1. The maximum absolute atomic E-state index is 12.6. The standard InChI is InChI=1S/C19H14F3N3O3/c1-11-9-13(16-24-18(28-25-16)19(20,21)22)7-8-14(11)10-23-17(27)15(26)12-5-3-2-4-6-12/h2-9H,10H2,1H3,(H,23,27). The monoisotopic (exact) mass is 389 g/mol. The van der Waals surface area contributed by atoms with Crippen molar-refractivity contribution in [2.75, 3.05) is 0 Å². The number of amides is 1. The molecule has 0 unspecified atom stereocenters. The van der Waals surface area contributed by atoms with Crippen LogP contribution in [-0.2, 0) is 17.5 Å². The van der Waals surface area contributed by atoms with Crippen molar-refractivity contribution in [1.29, 1.82) is 0 Å². The number of aromatic nitrogens is 2. The lowest BCUT2D eigenvalue weighted by atomic mass is 10.0. The predicted octanol–water partition coefficient (Wildman–Crippen LogP) is 3.56. The van der Waals surface area contributed by atoms with Crippen molar-refractivity contribution >= 4 is 11.7 Å². The Balaban J connectivity index is 1.68. The lowest BCUT2D eigenvalue weighted by molar-refractivity contribution is -0.159. The molecule has 0 saturated carbocycles. The minimum Gasteiger partial charge on any atom is -0.345 e. The van der Waals surface area contributed by atoms with Crippen molar-refractivity contribution < 1.29 is 27.3 Å². The van der Waals surface area contributed by atoms with Gasteiger partial charge < -0.3 is 9.84 Å². The second-order valence-electron chi connectivity index (χ2n) is 5.94. The van der Waals surface area contributed by atoms with Gasteiger partial charge in [-0.05, 0) is 24.1 Å². The molecule has 28 heavy (non-hydrogen) atoms. The van der Waals surface area contributed by atoms with Gasteiger partial charge in [-0.1, -0.05) is 47.6 Å². The van der Waals surface area contributed by atoms with Gasteiger partial charge >= 0.3 is 12.1 Å². The number of hydrogen-bond donors (Lipinski definition) is 1. The number of halogens is 3. The number of hydrogen-bond acceptors (Lipinski definition) is 5. The lowest BCUT2D eigenvalue weighted by Crippen LogP contribution is -2.30. The highest BCUT2D eigenvalue weighted by Crippen LogP contribution is 2.29. The molecular weight excluding hydrogens is 375 g/mol. The highest BCUT2D eigenvalue weighted by Gasteiger charge is 2.38. The summed E-state index contributed by atoms with van der Waals surface area (Å²) < 4.78 is 41.9. The van der Waals surface area contributed by atoms with Gasteiger partial charge in [-0.3, -0.25) is 9.59 Å². The molecule has 0 spiro atoms. The van der Waals surface area contributed by atoms with Crippen molar-refractivity contribution in [2.45, 2.75) is 19.6 Å². The number of nitrogens with zero attached hydrogens (tertiary/aromatic N) is 2. The van der Waals surface area contributed by atoms with Crippen LogP contribution in [0.5, 0.6) is 0 Å². The summed E-state index contributed by atoms with van der Waals surface area (Å²) in [6, 6.07) is 12.8. The zero-order valence-corrected chi connectivity index (χ0v) is 14.6. The Morgan fingerprint density at radius 2 is 1.82 bits per heavy atom. The molecule has 0 bridgehead atoms. The molecule has 2 aromatic carbocycles. The summed E-state index contributed by atoms with van der Waals surface area (Å²) in [5, 5.41) is 5.87. The van der Waals surface area contributed by atoms with E-state index >= 15 is 0 Å². The van der Waals surface area contributed by atoms with Gasteiger partial charge in [0.1, 0.15) is 0 Å². The van der Waals surface area contributed by atoms with E-state index in [-0.39, 0.29) is 17.9 Å². The summed E-state index contributed by atoms with van der Waals surface area (Å²) in [7, 11) is 0. The van der Waals surface area contributed by atoms with Crippen LogP contribution in [0.4, 0.5) is 13.2 Å². The minimum absolute atomic E-state index is 0.0869. The van der Waals surface area contributed by atoms with Crippen molar-refractivity contribution in [3.05, 3.63) is 71.1 Å². The van der Waals surface area contributed by atoms with Crippen LogP contribution in [-0.4, -0.2) is 21.8 Å². The van der Waals surface area contributed by atoms with Crippen LogP contribution in [0.25, 0.3) is 11.4 Å². The van der Waals surface area contributed by atoms with E-state index in [0.717, 1.165) is 0 Å². The molecular formula is C19H14F3N3O3. The zero-order chi connectivity index (χ0) is 20.3. The maximum atomic E-state index is 12.6. The number of nitrogens with one attached hydrogen (secondary N) is 1. The van der Waals surface area contributed by atoms with Gasteiger partial charge in [-0.15, -0.1) is 0 Å². The second kappa shape index (κ2) is 7.63. The highest BCUT2D eigenvalue weighted by atomic mass is 19.4. The number of rotatable bonds is 5. The first kappa shape index (κ1) is 19.3. The van der Waals surface area contributed by atoms with E-state index in [9.17, 15) is 22.8 Å². The molecule has 3 rings (SSSR count). The molecule has 0 aliphatic heterocycles. The Hall–Kier alpha value is -3.49. The first-order valence-electron chi connectivity index (χ1n) is 8.14. The number of carbonyl (C=O) groups is 2. The first-order valence-corrected chi connectivity index (χ1v) is 8.14. The molecule has 3 aromatic rings. The molecule has 144 valence electrons. The molecule has 0 atom stereocenters. The van der Waals surface area contributed by atoms with Crippen LogP contribution in [0.15, 0.2) is 53.1 Å². The molecule has 6 nitrogen and oxygen atoms in total. The quantitative estimate of drug-likeness (QED) is 0.533. The van der Waals surface area contributed by atoms with Gasteiger partial charge in [-0.25, -0.2) is 0 Å². The Morgan fingerprint density at radius 1 is 1.11 bits per heavy atom. The van der Waals surface area contributed by atoms with Crippen LogP contribution in [0.3, 0.4) is 0 Å². The van der Waals surface area contributed by atoms with E-state index in [1.165, 1.54) is 6.07 Å². The third-order valence-electron chi connectivity index (χ3n) is 3.95. The van der Waals surface area contributed by atoms with Crippen LogP contribution in [0, 0.1) is 6.92 Å². The molecule has 1 amide bonds. The van der Waals surface area contributed by atoms with Crippen molar-refractivity contribution in [2.24, 2.45) is 0 Å². The minimum atomic E-state index is -4.71. The SMILES string of the molecule is Cc1cc(-c2noc(C(F)(F)F)n2)ccc1CNC(=O)C(=O)c1ccccc1. The van der Waals surface area contributed by atoms with Gasteiger partial charge in [-0.2, -0.15) is 18.2 Å². The van der Waals surface area contributed by atoms with E-state index in [2.05, 4.69) is 20.0 Å². The largest absolute Gasteiger partial charge is 0.471 e. The number of benzene rings is 2. The molecule has 1 aromatic heterocycles. The van der Waals surface area contributed by atoms with E-state index in [4.69, 9.17) is 0 Å². The topological polar surface area (TPSA) is 85.1 Å². The summed E-state index contributed by atoms with van der Waals surface area (Å²) >= 11 is 0. The smallest absolute Gasteiger partial charge is 0.345 e. The molecule has 0 aliphatic rings. The second-order valence-corrected chi connectivity index (χ2v) is 5.94. The molecule has 1 heterocycles. The molecule has 0 aliphatic carbocycles. The van der Waals surface area contributed by atoms with Gasteiger partial charge in [0.05, 0.1) is 0 Å². The van der Waals surface area contributed by atoms with Crippen molar-refractivity contribution in [1.82, 2.24) is 15.5 Å². The van der Waals surface area contributed by atoms with Crippen molar-refractivity contribution in [3.63, 3.8) is 0 Å². The van der Waals surface area contributed by atoms with Crippen LogP contribution >= 0.6 is 0 Å². The van der Waals surface area contributed by atoms with E-state index in [1.807, 2.05) is 0 Å². The van der Waals surface area contributed by atoms with Crippen molar-refractivity contribution in [3.8, 4) is 11.4 Å². The number of alkyl halides is 3. The molecule has 9 heteroatoms. The molecule has 0 fully saturated rings. The van der Waals surface area contributed by atoms with E-state index in [0.29, 0.717) is 16.7 Å². The fourth-order valence-corrected chi connectivity index (χ4v) is 2.47. The van der Waals surface area contributed by atoms with Gasteiger partial charge in [0.2, 0.25) is 11.6 Å². The predicted molar refractivity (Wildman–Crippen MR) is 92.1 cm³/mol. The average Bonchev–Trinajstić information content (AvgIpc) is 3.17. The molecule has 1 N–H and O–H groups in total. The Morgan fingerprint density at radius 3 is 2.43 bits per heavy atom. The Bertz CT molecular complexity index is 1010. The number of Topliss-reactive ketones (excluding diaryl/α,β-unsaturated/α-hetero) is 1. The fraction of sp³-hybridized carbons (Fsp3) is 0.158. The van der Waals surface area contributed by atoms with E-state index in [1.54, 1.807) is 49.4 Å². The summed E-state index contributed by atoms with van der Waals surface area (Å²) in [6.45, 7) is 1.80. The normalized spacial score (nSPS) is 11.3. The Kier molecular flexibility index (Phi) is 5.25. The average molecular weight is 389 g/mol. The summed E-state index contributed by atoms with van der Waals surface area (Å²) in [6.07, 6.45) is -4.71. The third kappa shape index (κ3) is 4.25. The van der Waals surface area contributed by atoms with Crippen LogP contribution in [0.1, 0.15) is 27.4 Å². The van der Waals surface area contributed by atoms with Gasteiger partial charge in [0, 0.05) is 17.7 Å².